The van der Waals surface area contributed by atoms with Gasteiger partial charge in [-0.25, -0.2) is 9.97 Å². The summed E-state index contributed by atoms with van der Waals surface area (Å²) in [7, 11) is 0. The number of para-hydroxylation sites is 1. The Morgan fingerprint density at radius 3 is 2.11 bits per heavy atom. The molecule has 0 N–H and O–H groups in total. The van der Waals surface area contributed by atoms with Gasteiger partial charge in [-0.15, -0.1) is 0 Å². The van der Waals surface area contributed by atoms with E-state index in [9.17, 15) is 4.79 Å². The Bertz CT molecular complexity index is 891. The quantitative estimate of drug-likeness (QED) is 0.669. The Morgan fingerprint density at radius 1 is 0.857 bits per heavy atom. The van der Waals surface area contributed by atoms with Crippen LogP contribution in [0.25, 0.3) is 0 Å². The molecular formula is C23H24N4O. The van der Waals surface area contributed by atoms with Gasteiger partial charge in [-0.05, 0) is 37.0 Å². The van der Waals surface area contributed by atoms with Gasteiger partial charge in [0.2, 0.25) is 5.95 Å². The van der Waals surface area contributed by atoms with E-state index in [-0.39, 0.29) is 5.91 Å². The summed E-state index contributed by atoms with van der Waals surface area (Å²) in [6.45, 7) is 2.46. The number of hydrogen-bond acceptors (Lipinski definition) is 4. The van der Waals surface area contributed by atoms with Gasteiger partial charge in [-0.2, -0.15) is 0 Å². The standard InChI is InChI=1S/C23H24N4O/c28-22(20-16-24-23(25-17-20)26-14-8-3-9-15-26)27(21-12-6-2-7-13-21)18-19-10-4-1-5-11-19/h1-2,4-7,10-13,16-17H,3,8-9,14-15,18H2. The number of nitrogens with zero attached hydrogens (tertiary/aromatic N) is 4. The van der Waals surface area contributed by atoms with Crippen molar-refractivity contribution in [2.75, 3.05) is 22.9 Å². The van der Waals surface area contributed by atoms with Gasteiger partial charge in [0.05, 0.1) is 12.1 Å². The summed E-state index contributed by atoms with van der Waals surface area (Å²) in [5, 5.41) is 0. The maximum Gasteiger partial charge on any atom is 0.261 e. The van der Waals surface area contributed by atoms with Crippen LogP contribution in [0.5, 0.6) is 0 Å². The van der Waals surface area contributed by atoms with Crippen LogP contribution in [-0.2, 0) is 6.54 Å². The fourth-order valence-corrected chi connectivity index (χ4v) is 3.50. The summed E-state index contributed by atoms with van der Waals surface area (Å²) >= 11 is 0. The first-order valence-electron chi connectivity index (χ1n) is 9.79. The first-order chi connectivity index (χ1) is 13.8. The minimum atomic E-state index is -0.0970. The molecule has 1 aromatic heterocycles. The van der Waals surface area contributed by atoms with Crippen molar-refractivity contribution in [2.24, 2.45) is 0 Å². The molecule has 0 spiro atoms. The lowest BCUT2D eigenvalue weighted by Crippen LogP contribution is -2.32. The maximum absolute atomic E-state index is 13.3. The van der Waals surface area contributed by atoms with Crippen LogP contribution in [0, 0.1) is 0 Å². The summed E-state index contributed by atoms with van der Waals surface area (Å²) in [6, 6.07) is 19.7. The van der Waals surface area contributed by atoms with Gasteiger partial charge in [-0.3, -0.25) is 4.79 Å². The fraction of sp³-hybridized carbons (Fsp3) is 0.261. The zero-order chi connectivity index (χ0) is 19.2. The molecule has 1 saturated heterocycles. The molecule has 0 aliphatic carbocycles. The fourth-order valence-electron chi connectivity index (χ4n) is 3.50. The third-order valence-electron chi connectivity index (χ3n) is 5.02. The van der Waals surface area contributed by atoms with Crippen LogP contribution >= 0.6 is 0 Å². The van der Waals surface area contributed by atoms with Crippen molar-refractivity contribution in [1.82, 2.24) is 9.97 Å². The number of carbonyl (C=O) groups excluding carboxylic acids is 1. The minimum Gasteiger partial charge on any atom is -0.341 e. The lowest BCUT2D eigenvalue weighted by Gasteiger charge is -2.27. The number of anilines is 2. The summed E-state index contributed by atoms with van der Waals surface area (Å²) in [5.41, 5.74) is 2.43. The highest BCUT2D eigenvalue weighted by atomic mass is 16.2. The van der Waals surface area contributed by atoms with Crippen molar-refractivity contribution in [3.8, 4) is 0 Å². The second-order valence-electron chi connectivity index (χ2n) is 7.03. The highest BCUT2D eigenvalue weighted by Gasteiger charge is 2.20. The molecule has 0 radical (unpaired) electrons. The van der Waals surface area contributed by atoms with Crippen LogP contribution in [0.3, 0.4) is 0 Å². The number of carbonyl (C=O) groups is 1. The van der Waals surface area contributed by atoms with Crippen LogP contribution in [0.15, 0.2) is 73.1 Å². The van der Waals surface area contributed by atoms with Crippen molar-refractivity contribution in [3.63, 3.8) is 0 Å². The molecule has 0 saturated carbocycles. The van der Waals surface area contributed by atoms with E-state index in [4.69, 9.17) is 0 Å². The van der Waals surface area contributed by atoms with Crippen LogP contribution in [0.1, 0.15) is 35.2 Å². The number of aromatic nitrogens is 2. The molecule has 28 heavy (non-hydrogen) atoms. The van der Waals surface area contributed by atoms with E-state index in [1.165, 1.54) is 19.3 Å². The van der Waals surface area contributed by atoms with Gasteiger partial charge in [0.15, 0.2) is 0 Å². The Labute approximate surface area is 165 Å². The lowest BCUT2D eigenvalue weighted by molar-refractivity contribution is 0.0984. The molecule has 1 fully saturated rings. The molecule has 3 aromatic rings. The average molecular weight is 372 g/mol. The van der Waals surface area contributed by atoms with E-state index >= 15 is 0 Å². The lowest BCUT2D eigenvalue weighted by atomic mass is 10.1. The number of benzene rings is 2. The number of hydrogen-bond donors (Lipinski definition) is 0. The highest BCUT2D eigenvalue weighted by Crippen LogP contribution is 2.21. The van der Waals surface area contributed by atoms with Crippen molar-refractivity contribution >= 4 is 17.5 Å². The predicted octanol–water partition coefficient (Wildman–Crippen LogP) is 4.31. The van der Waals surface area contributed by atoms with Gasteiger partial charge in [0, 0.05) is 31.2 Å². The van der Waals surface area contributed by atoms with E-state index in [0.29, 0.717) is 18.1 Å². The number of amides is 1. The molecule has 142 valence electrons. The molecule has 5 heteroatoms. The van der Waals surface area contributed by atoms with Crippen molar-refractivity contribution in [2.45, 2.75) is 25.8 Å². The summed E-state index contributed by atoms with van der Waals surface area (Å²) in [6.07, 6.45) is 6.91. The topological polar surface area (TPSA) is 49.3 Å². The second-order valence-corrected chi connectivity index (χ2v) is 7.03. The van der Waals surface area contributed by atoms with Crippen LogP contribution in [0.4, 0.5) is 11.6 Å². The molecule has 0 atom stereocenters. The minimum absolute atomic E-state index is 0.0970. The molecule has 1 aliphatic heterocycles. The van der Waals surface area contributed by atoms with Crippen molar-refractivity contribution in [1.29, 1.82) is 0 Å². The molecular weight excluding hydrogens is 348 g/mol. The monoisotopic (exact) mass is 372 g/mol. The zero-order valence-electron chi connectivity index (χ0n) is 15.9. The predicted molar refractivity (Wildman–Crippen MR) is 111 cm³/mol. The van der Waals surface area contributed by atoms with Gasteiger partial charge in [0.1, 0.15) is 0 Å². The van der Waals surface area contributed by atoms with E-state index in [1.54, 1.807) is 17.3 Å². The normalized spacial score (nSPS) is 13.9. The Morgan fingerprint density at radius 2 is 1.46 bits per heavy atom. The Kier molecular flexibility index (Phi) is 5.61. The van der Waals surface area contributed by atoms with Gasteiger partial charge < -0.3 is 9.80 Å². The SMILES string of the molecule is O=C(c1cnc(N2CCCCC2)nc1)N(Cc1ccccc1)c1ccccc1. The molecule has 0 bridgehead atoms. The van der Waals surface area contributed by atoms with E-state index < -0.39 is 0 Å². The van der Waals surface area contributed by atoms with Crippen LogP contribution < -0.4 is 9.80 Å². The molecule has 5 nitrogen and oxygen atoms in total. The molecule has 2 aromatic carbocycles. The third-order valence-corrected chi connectivity index (χ3v) is 5.02. The summed E-state index contributed by atoms with van der Waals surface area (Å²) in [4.78, 5) is 26.2. The molecule has 0 unspecified atom stereocenters. The van der Waals surface area contributed by atoms with Crippen molar-refractivity contribution in [3.05, 3.63) is 84.2 Å². The zero-order valence-corrected chi connectivity index (χ0v) is 15.9. The molecule has 2 heterocycles. The highest BCUT2D eigenvalue weighted by molar-refractivity contribution is 6.05. The first kappa shape index (κ1) is 18.2. The van der Waals surface area contributed by atoms with Crippen molar-refractivity contribution < 1.29 is 4.79 Å². The Hall–Kier alpha value is -3.21. The molecule has 1 amide bonds. The largest absolute Gasteiger partial charge is 0.341 e. The van der Waals surface area contributed by atoms with Gasteiger partial charge in [0.25, 0.3) is 5.91 Å². The first-order valence-corrected chi connectivity index (χ1v) is 9.79. The third kappa shape index (κ3) is 4.19. The number of piperidine rings is 1. The average Bonchev–Trinajstić information content (AvgIpc) is 2.79. The van der Waals surface area contributed by atoms with E-state index in [2.05, 4.69) is 14.9 Å². The van der Waals surface area contributed by atoms with E-state index in [0.717, 1.165) is 24.3 Å². The van der Waals surface area contributed by atoms with Crippen LogP contribution in [-0.4, -0.2) is 29.0 Å². The summed E-state index contributed by atoms with van der Waals surface area (Å²) < 4.78 is 0. The van der Waals surface area contributed by atoms with Crippen LogP contribution in [0.2, 0.25) is 0 Å². The van der Waals surface area contributed by atoms with E-state index in [1.807, 2.05) is 60.7 Å². The smallest absolute Gasteiger partial charge is 0.261 e. The number of rotatable bonds is 5. The van der Waals surface area contributed by atoms with Gasteiger partial charge >= 0.3 is 0 Å². The molecule has 4 rings (SSSR count). The maximum atomic E-state index is 13.3. The summed E-state index contributed by atoms with van der Waals surface area (Å²) in [5.74, 6) is 0.616. The molecule has 1 aliphatic rings. The van der Waals surface area contributed by atoms with Gasteiger partial charge in [-0.1, -0.05) is 48.5 Å². The Balaban J connectivity index is 1.58. The second kappa shape index (κ2) is 8.65.